The monoisotopic (exact) mass is 945 g/mol. The van der Waals surface area contributed by atoms with Gasteiger partial charge in [0.2, 0.25) is 0 Å². The molecule has 7 fully saturated rings. The summed E-state index contributed by atoms with van der Waals surface area (Å²) in [5.41, 5.74) is 6.47. The van der Waals surface area contributed by atoms with E-state index in [0.29, 0.717) is 42.8 Å². The fourth-order valence-corrected chi connectivity index (χ4v) is 9.85. The lowest BCUT2D eigenvalue weighted by Crippen LogP contribution is -2.51. The third-order valence-corrected chi connectivity index (χ3v) is 12.6. The van der Waals surface area contributed by atoms with Crippen molar-refractivity contribution in [3.05, 3.63) is 35.9 Å². The number of nitrogens with two attached hydrogens (primary N) is 1. The zero-order valence-electron chi connectivity index (χ0n) is 40.8. The molecule has 7 heterocycles. The average Bonchev–Trinajstić information content (AvgIpc) is 3.94. The Morgan fingerprint density at radius 2 is 0.985 bits per heavy atom. The van der Waals surface area contributed by atoms with Crippen LogP contribution in [0.3, 0.4) is 0 Å². The van der Waals surface area contributed by atoms with E-state index >= 15 is 0 Å². The maximum Gasteiger partial charge on any atom is 0.410 e. The first-order valence-corrected chi connectivity index (χ1v) is 23.7. The van der Waals surface area contributed by atoms with Crippen LogP contribution in [0.4, 0.5) is 9.59 Å². The van der Waals surface area contributed by atoms with E-state index < -0.39 is 41.8 Å². The van der Waals surface area contributed by atoms with Crippen LogP contribution in [0.1, 0.15) is 150 Å². The highest BCUT2D eigenvalue weighted by Gasteiger charge is 2.45. The Labute approximate surface area is 395 Å². The quantitative estimate of drug-likeness (QED) is 0.232. The standard InChI is InChI=1S/C14H17NO.C12H22N2O2.C12H19NO3.C6H12O3.C5H6O5/c16-14-8-12-6-7-13(9-14)15(12)10-11-4-2-1-3-5-11;1-12(2,3)16-11(15)14-9-4-5-10(14)7-8(13)6-9;1-12(2,3)16-11(15)13-8-4-5-9(13)7-10(14)6-8;1-7-5-3-4-6(8-2)9-5;6-3(1-4(7)8)2-5(9)10/h1-5,12-13H,6-10H2;8-10H,4-7,13H2,1-3H3;8-9H,4-7H2,1-3H3;5-6H,3-4H2,1-2H3;1-2H2,(H,7,8)(H,9,10). The third-order valence-electron chi connectivity index (χ3n) is 12.6. The number of carbonyl (C=O) groups excluding carboxylic acids is 5. The molecule has 0 radical (unpaired) electrons. The second kappa shape index (κ2) is 25.2. The molecule has 7 saturated heterocycles. The lowest BCUT2D eigenvalue weighted by molar-refractivity contribution is -0.185. The number of methoxy groups -OCH3 is 2. The zero-order valence-corrected chi connectivity index (χ0v) is 40.8. The van der Waals surface area contributed by atoms with Crippen molar-refractivity contribution in [2.24, 2.45) is 5.73 Å². The van der Waals surface area contributed by atoms with Gasteiger partial charge in [-0.3, -0.25) is 28.9 Å². The van der Waals surface area contributed by atoms with E-state index in [1.807, 2.05) is 46.4 Å². The minimum Gasteiger partial charge on any atom is -0.481 e. The summed E-state index contributed by atoms with van der Waals surface area (Å²) in [5.74, 6) is -2.64. The van der Waals surface area contributed by atoms with Gasteiger partial charge in [-0.05, 0) is 98.5 Å². The molecule has 2 amide bonds. The lowest BCUT2D eigenvalue weighted by Gasteiger charge is -2.38. The molecule has 8 unspecified atom stereocenters. The second-order valence-electron chi connectivity index (χ2n) is 20.4. The number of carbonyl (C=O) groups is 7. The van der Waals surface area contributed by atoms with Crippen molar-refractivity contribution < 1.29 is 67.5 Å². The van der Waals surface area contributed by atoms with Crippen LogP contribution in [0.2, 0.25) is 0 Å². The largest absolute Gasteiger partial charge is 0.481 e. The molecule has 1 aromatic carbocycles. The number of nitrogens with zero attached hydrogens (tertiary/aromatic N) is 3. The number of carboxylic acid groups (broad SMARTS) is 2. The number of amides is 2. The molecule has 376 valence electrons. The van der Waals surface area contributed by atoms with Crippen molar-refractivity contribution in [1.29, 1.82) is 0 Å². The molecule has 8 atom stereocenters. The summed E-state index contributed by atoms with van der Waals surface area (Å²) in [7, 11) is 3.28. The molecular weight excluding hydrogens is 869 g/mol. The number of benzene rings is 1. The van der Waals surface area contributed by atoms with Crippen LogP contribution in [-0.4, -0.2) is 147 Å². The highest BCUT2D eigenvalue weighted by atomic mass is 16.8. The summed E-state index contributed by atoms with van der Waals surface area (Å²) in [6.07, 6.45) is 10.8. The Balaban J connectivity index is 0.000000187. The predicted octanol–water partition coefficient (Wildman–Crippen LogP) is 6.62. The molecule has 18 nitrogen and oxygen atoms in total. The van der Waals surface area contributed by atoms with E-state index in [1.54, 1.807) is 19.1 Å². The number of Topliss-reactive ketones (excluding diaryl/α,β-unsaturated/α-hetero) is 3. The number of ketones is 3. The molecular formula is C49H76N4O14. The number of ether oxygens (including phenoxy) is 5. The topological polar surface area (TPSA) is 242 Å². The third kappa shape index (κ3) is 18.2. The van der Waals surface area contributed by atoms with Gasteiger partial charge in [0.1, 0.15) is 35.6 Å². The van der Waals surface area contributed by atoms with Gasteiger partial charge in [0.15, 0.2) is 18.4 Å². The molecule has 8 rings (SSSR count). The molecule has 7 aliphatic rings. The first-order valence-electron chi connectivity index (χ1n) is 23.7. The predicted molar refractivity (Wildman–Crippen MR) is 246 cm³/mol. The Kier molecular flexibility index (Phi) is 20.7. The van der Waals surface area contributed by atoms with Crippen LogP contribution in [0, 0.1) is 0 Å². The minimum atomic E-state index is -1.30. The number of carboxylic acids is 2. The van der Waals surface area contributed by atoms with Crippen molar-refractivity contribution in [2.45, 2.75) is 217 Å². The molecule has 7 aliphatic heterocycles. The number of aliphatic carboxylic acids is 2. The molecule has 0 aromatic heterocycles. The van der Waals surface area contributed by atoms with Gasteiger partial charge >= 0.3 is 24.1 Å². The van der Waals surface area contributed by atoms with Crippen LogP contribution in [0.5, 0.6) is 0 Å². The van der Waals surface area contributed by atoms with Gasteiger partial charge in [-0.2, -0.15) is 0 Å². The molecule has 0 spiro atoms. The number of hydrogen-bond acceptors (Lipinski definition) is 14. The van der Waals surface area contributed by atoms with Crippen molar-refractivity contribution in [3.63, 3.8) is 0 Å². The summed E-state index contributed by atoms with van der Waals surface area (Å²) in [5, 5.41) is 16.0. The summed E-state index contributed by atoms with van der Waals surface area (Å²) >= 11 is 0. The summed E-state index contributed by atoms with van der Waals surface area (Å²) < 4.78 is 25.9. The number of rotatable bonds is 8. The number of fused-ring (bicyclic) bond motifs is 6. The van der Waals surface area contributed by atoms with Crippen molar-refractivity contribution in [3.8, 4) is 0 Å². The fourth-order valence-electron chi connectivity index (χ4n) is 9.85. The van der Waals surface area contributed by atoms with Gasteiger partial charge in [0.05, 0.1) is 0 Å². The van der Waals surface area contributed by atoms with Gasteiger partial charge in [-0.25, -0.2) is 9.59 Å². The van der Waals surface area contributed by atoms with Gasteiger partial charge in [0, 0.05) is 102 Å². The van der Waals surface area contributed by atoms with Crippen LogP contribution < -0.4 is 5.73 Å². The highest BCUT2D eigenvalue weighted by Crippen LogP contribution is 2.37. The van der Waals surface area contributed by atoms with Crippen LogP contribution in [-0.2, 0) is 54.2 Å². The first-order chi connectivity index (χ1) is 31.4. The van der Waals surface area contributed by atoms with Crippen molar-refractivity contribution >= 4 is 41.5 Å². The Hall–Kier alpha value is -4.49. The van der Waals surface area contributed by atoms with Gasteiger partial charge < -0.3 is 49.4 Å². The van der Waals surface area contributed by atoms with Gasteiger partial charge in [-0.1, -0.05) is 30.3 Å². The molecule has 0 aliphatic carbocycles. The Morgan fingerprint density at radius 3 is 1.36 bits per heavy atom. The smallest absolute Gasteiger partial charge is 0.410 e. The Bertz CT molecular complexity index is 1760. The molecule has 1 aromatic rings. The van der Waals surface area contributed by atoms with E-state index in [9.17, 15) is 33.6 Å². The molecule has 6 bridgehead atoms. The second-order valence-corrected chi connectivity index (χ2v) is 20.4. The maximum absolute atomic E-state index is 12.0. The van der Waals surface area contributed by atoms with Crippen LogP contribution in [0.15, 0.2) is 30.3 Å². The average molecular weight is 945 g/mol. The van der Waals surface area contributed by atoms with Crippen molar-refractivity contribution in [2.75, 3.05) is 14.2 Å². The van der Waals surface area contributed by atoms with Gasteiger partial charge in [-0.15, -0.1) is 0 Å². The minimum absolute atomic E-state index is 0.0463. The SMILES string of the molecule is CC(C)(C)OC(=O)N1C2CCC1CC(=O)C2.CC(C)(C)OC(=O)N1C2CCC1CC(N)C2.COC1CCC(OC)O1.O=C(O)CC(=O)CC(=O)O.O=C1CC2CCC(C1)N2Cc1ccccc1. The number of piperidine rings is 3. The fraction of sp³-hybridized carbons (Fsp3) is 0.735. The van der Waals surface area contributed by atoms with Crippen LogP contribution in [0.25, 0.3) is 0 Å². The molecule has 67 heavy (non-hydrogen) atoms. The summed E-state index contributed by atoms with van der Waals surface area (Å²) in [4.78, 5) is 83.0. The summed E-state index contributed by atoms with van der Waals surface area (Å²) in [6, 6.07) is 12.7. The number of hydrogen-bond donors (Lipinski definition) is 3. The van der Waals surface area contributed by atoms with E-state index in [2.05, 4.69) is 35.2 Å². The lowest BCUT2D eigenvalue weighted by atomic mass is 9.99. The van der Waals surface area contributed by atoms with E-state index in [-0.39, 0.29) is 48.7 Å². The maximum atomic E-state index is 12.0. The molecule has 4 N–H and O–H groups in total. The van der Waals surface area contributed by atoms with E-state index in [4.69, 9.17) is 39.6 Å². The zero-order chi connectivity index (χ0) is 49.6. The van der Waals surface area contributed by atoms with Crippen LogP contribution >= 0.6 is 0 Å². The summed E-state index contributed by atoms with van der Waals surface area (Å²) in [6.45, 7) is 12.3. The molecule has 18 heteroatoms. The van der Waals surface area contributed by atoms with E-state index in [0.717, 1.165) is 70.8 Å². The first kappa shape index (κ1) is 55.1. The highest BCUT2D eigenvalue weighted by molar-refractivity contribution is 6.02. The normalized spacial score (nSPS) is 28.3. The van der Waals surface area contributed by atoms with Gasteiger partial charge in [0.25, 0.3) is 0 Å². The molecule has 0 saturated carbocycles. The Morgan fingerprint density at radius 1 is 0.612 bits per heavy atom. The van der Waals surface area contributed by atoms with Crippen molar-refractivity contribution in [1.82, 2.24) is 14.7 Å². The van der Waals surface area contributed by atoms with E-state index in [1.165, 1.54) is 18.4 Å².